The van der Waals surface area contributed by atoms with Crippen LogP contribution in [0.2, 0.25) is 0 Å². The number of anilines is 1. The number of benzene rings is 1. The molecular weight excluding hydrogens is 410 g/mol. The quantitative estimate of drug-likeness (QED) is 0.416. The molecule has 4 rings (SSSR count). The van der Waals surface area contributed by atoms with Crippen LogP contribution < -0.4 is 5.32 Å². The van der Waals surface area contributed by atoms with Crippen LogP contribution in [-0.2, 0) is 16.1 Å². The van der Waals surface area contributed by atoms with Crippen molar-refractivity contribution >= 4 is 34.2 Å². The highest BCUT2D eigenvalue weighted by atomic mass is 32.2. The van der Waals surface area contributed by atoms with Crippen LogP contribution in [0.1, 0.15) is 38.0 Å². The Hall–Kier alpha value is -2.46. The van der Waals surface area contributed by atoms with Crippen molar-refractivity contribution in [1.82, 2.24) is 20.4 Å². The molecule has 0 radical (unpaired) electrons. The second-order valence-electron chi connectivity index (χ2n) is 6.67. The molecule has 1 aliphatic carbocycles. The molecule has 0 spiro atoms. The highest BCUT2D eigenvalue weighted by Crippen LogP contribution is 2.28. The van der Waals surface area contributed by atoms with Gasteiger partial charge >= 0.3 is 5.97 Å². The summed E-state index contributed by atoms with van der Waals surface area (Å²) in [5.41, 5.74) is 0.821. The van der Waals surface area contributed by atoms with Gasteiger partial charge in [-0.1, -0.05) is 60.6 Å². The molecule has 8 nitrogen and oxygen atoms in total. The van der Waals surface area contributed by atoms with E-state index in [4.69, 9.17) is 9.15 Å². The fraction of sp³-hybridized carbons (Fsp3) is 0.421. The highest BCUT2D eigenvalue weighted by Gasteiger charge is 2.16. The topological polar surface area (TPSA) is 103 Å². The summed E-state index contributed by atoms with van der Waals surface area (Å²) in [4.78, 5) is 12.0. The van der Waals surface area contributed by atoms with Crippen LogP contribution in [0.5, 0.6) is 0 Å². The lowest BCUT2D eigenvalue weighted by Crippen LogP contribution is -2.21. The minimum absolute atomic E-state index is 0.0518. The van der Waals surface area contributed by atoms with Crippen molar-refractivity contribution in [2.45, 2.75) is 49.1 Å². The molecule has 10 heteroatoms. The summed E-state index contributed by atoms with van der Waals surface area (Å²) in [5.74, 6) is 0.444. The first-order chi connectivity index (χ1) is 14.3. The van der Waals surface area contributed by atoms with Crippen molar-refractivity contribution < 1.29 is 13.9 Å². The third kappa shape index (κ3) is 5.77. The van der Waals surface area contributed by atoms with E-state index >= 15 is 0 Å². The Morgan fingerprint density at radius 2 is 1.97 bits per heavy atom. The number of carbonyl (C=O) groups excluding carboxylic acids is 1. The van der Waals surface area contributed by atoms with Crippen LogP contribution in [0.3, 0.4) is 0 Å². The average Bonchev–Trinajstić information content (AvgIpc) is 3.42. The molecule has 0 saturated heterocycles. The molecule has 0 aliphatic heterocycles. The van der Waals surface area contributed by atoms with Gasteiger partial charge in [0, 0.05) is 11.6 Å². The van der Waals surface area contributed by atoms with Crippen LogP contribution in [0.4, 0.5) is 5.13 Å². The van der Waals surface area contributed by atoms with Crippen LogP contribution in [0.25, 0.3) is 11.5 Å². The lowest BCUT2D eigenvalue weighted by molar-refractivity contribution is -0.142. The summed E-state index contributed by atoms with van der Waals surface area (Å²) in [6, 6.07) is 9.92. The minimum Gasteiger partial charge on any atom is -0.455 e. The van der Waals surface area contributed by atoms with Crippen LogP contribution in [-0.4, -0.2) is 38.2 Å². The van der Waals surface area contributed by atoms with E-state index in [0.29, 0.717) is 11.9 Å². The van der Waals surface area contributed by atoms with Crippen LogP contribution in [0.15, 0.2) is 39.1 Å². The van der Waals surface area contributed by atoms with Crippen molar-refractivity contribution in [1.29, 1.82) is 0 Å². The molecule has 1 aliphatic rings. The minimum atomic E-state index is -0.369. The number of hydrogen-bond acceptors (Lipinski definition) is 10. The van der Waals surface area contributed by atoms with Gasteiger partial charge in [0.25, 0.3) is 5.89 Å². The van der Waals surface area contributed by atoms with Gasteiger partial charge in [0.1, 0.15) is 0 Å². The molecule has 2 heterocycles. The van der Waals surface area contributed by atoms with Gasteiger partial charge in [-0.2, -0.15) is 0 Å². The second kappa shape index (κ2) is 9.84. The van der Waals surface area contributed by atoms with E-state index in [2.05, 4.69) is 25.7 Å². The monoisotopic (exact) mass is 431 g/mol. The van der Waals surface area contributed by atoms with Crippen LogP contribution in [0, 0.1) is 0 Å². The molecule has 0 atom stereocenters. The first-order valence-corrected chi connectivity index (χ1v) is 11.3. The van der Waals surface area contributed by atoms with Gasteiger partial charge in [-0.25, -0.2) is 0 Å². The van der Waals surface area contributed by atoms with E-state index in [1.165, 1.54) is 55.2 Å². The van der Waals surface area contributed by atoms with Crippen molar-refractivity contribution in [3.63, 3.8) is 0 Å². The van der Waals surface area contributed by atoms with E-state index in [9.17, 15) is 4.79 Å². The first kappa shape index (κ1) is 19.8. The number of thioether (sulfide) groups is 1. The summed E-state index contributed by atoms with van der Waals surface area (Å²) in [6.45, 7) is -0.0518. The highest BCUT2D eigenvalue weighted by molar-refractivity contribution is 8.01. The van der Waals surface area contributed by atoms with Crippen molar-refractivity contribution in [3.05, 3.63) is 36.2 Å². The summed E-state index contributed by atoms with van der Waals surface area (Å²) in [7, 11) is 0. The zero-order valence-electron chi connectivity index (χ0n) is 15.7. The third-order valence-electron chi connectivity index (χ3n) is 4.50. The summed E-state index contributed by atoms with van der Waals surface area (Å²) < 4.78 is 11.5. The zero-order valence-corrected chi connectivity index (χ0v) is 17.4. The Labute approximate surface area is 176 Å². The van der Waals surface area contributed by atoms with Crippen LogP contribution >= 0.6 is 23.1 Å². The molecule has 29 heavy (non-hydrogen) atoms. The SMILES string of the molecule is O=C(CSc1nnc(NC2CCCCC2)s1)OCc1nnc(-c2ccccc2)o1. The van der Waals surface area contributed by atoms with Crippen molar-refractivity contribution in [2.75, 3.05) is 11.1 Å². The average molecular weight is 432 g/mol. The standard InChI is InChI=1S/C19H21N5O3S2/c25-16(26-11-15-21-22-17(27-15)13-7-3-1-4-8-13)12-28-19-24-23-18(29-19)20-14-9-5-2-6-10-14/h1,3-4,7-8,14H,2,5-6,9-12H2,(H,20,23). The van der Waals surface area contributed by atoms with Crippen molar-refractivity contribution in [2.24, 2.45) is 0 Å². The maximum atomic E-state index is 12.0. The maximum Gasteiger partial charge on any atom is 0.316 e. The molecule has 152 valence electrons. The molecule has 1 aromatic carbocycles. The lowest BCUT2D eigenvalue weighted by atomic mass is 9.96. The summed E-state index contributed by atoms with van der Waals surface area (Å²) in [6.07, 6.45) is 6.19. The second-order valence-corrected chi connectivity index (χ2v) is 8.87. The third-order valence-corrected chi connectivity index (χ3v) is 6.46. The van der Waals surface area contributed by atoms with E-state index in [1.807, 2.05) is 30.3 Å². The normalized spacial score (nSPS) is 14.6. The molecule has 3 aromatic rings. The molecule has 2 aromatic heterocycles. The van der Waals surface area contributed by atoms with Crippen molar-refractivity contribution in [3.8, 4) is 11.5 Å². The predicted octanol–water partition coefficient (Wildman–Crippen LogP) is 4.17. The largest absolute Gasteiger partial charge is 0.455 e. The zero-order chi connectivity index (χ0) is 19.9. The molecule has 1 N–H and O–H groups in total. The molecule has 1 saturated carbocycles. The van der Waals surface area contributed by atoms with E-state index in [-0.39, 0.29) is 24.2 Å². The Bertz CT molecular complexity index is 925. The van der Waals surface area contributed by atoms with E-state index in [0.717, 1.165) is 15.0 Å². The number of aromatic nitrogens is 4. The number of esters is 1. The fourth-order valence-corrected chi connectivity index (χ4v) is 4.69. The number of ether oxygens (including phenoxy) is 1. The molecule has 0 amide bonds. The van der Waals surface area contributed by atoms with Gasteiger partial charge < -0.3 is 14.5 Å². The van der Waals surface area contributed by atoms with Gasteiger partial charge in [-0.3, -0.25) is 4.79 Å². The number of nitrogens with zero attached hydrogens (tertiary/aromatic N) is 4. The fourth-order valence-electron chi connectivity index (χ4n) is 3.06. The Balaban J connectivity index is 1.20. The molecule has 0 unspecified atom stereocenters. The Morgan fingerprint density at radius 1 is 1.14 bits per heavy atom. The first-order valence-electron chi connectivity index (χ1n) is 9.52. The number of rotatable bonds is 8. The van der Waals surface area contributed by atoms with E-state index in [1.54, 1.807) is 0 Å². The Kier molecular flexibility index (Phi) is 6.73. The van der Waals surface area contributed by atoms with Gasteiger partial charge in [-0.05, 0) is 25.0 Å². The summed E-state index contributed by atoms with van der Waals surface area (Å²) in [5, 5.41) is 20.4. The molecule has 1 fully saturated rings. The number of hydrogen-bond donors (Lipinski definition) is 1. The summed E-state index contributed by atoms with van der Waals surface area (Å²) >= 11 is 2.78. The van der Waals surface area contributed by atoms with Gasteiger partial charge in [0.05, 0.1) is 5.75 Å². The van der Waals surface area contributed by atoms with E-state index < -0.39 is 0 Å². The lowest BCUT2D eigenvalue weighted by Gasteiger charge is -2.21. The molecular formula is C19H21N5O3S2. The molecule has 0 bridgehead atoms. The Morgan fingerprint density at radius 3 is 2.79 bits per heavy atom. The predicted molar refractivity (Wildman–Crippen MR) is 111 cm³/mol. The van der Waals surface area contributed by atoms with Gasteiger partial charge in [-0.15, -0.1) is 20.4 Å². The van der Waals surface area contributed by atoms with Gasteiger partial charge in [0.2, 0.25) is 11.0 Å². The smallest absolute Gasteiger partial charge is 0.316 e. The maximum absolute atomic E-state index is 12.0. The van der Waals surface area contributed by atoms with Gasteiger partial charge in [0.15, 0.2) is 10.9 Å². The number of nitrogens with one attached hydrogen (secondary N) is 1. The number of carbonyl (C=O) groups is 1.